The maximum Gasteiger partial charge on any atom is 0.336 e. The highest BCUT2D eigenvalue weighted by Gasteiger charge is 2.45. The number of carbonyl (C=O) groups is 2. The predicted molar refractivity (Wildman–Crippen MR) is 110 cm³/mol. The molecule has 2 aromatic rings. The molecule has 0 saturated heterocycles. The highest BCUT2D eigenvalue weighted by molar-refractivity contribution is 7.17. The number of benzene rings is 1. The number of ether oxygens (including phenoxy) is 1. The van der Waals surface area contributed by atoms with E-state index >= 15 is 0 Å². The molecule has 144 valence electrons. The zero-order chi connectivity index (χ0) is 19.4. The molecular formula is C23H23NO3S. The number of Topliss-reactive ketones (excluding diaryl/α,β-unsaturated/α-hetero) is 1. The van der Waals surface area contributed by atoms with Gasteiger partial charge in [0.1, 0.15) is 0 Å². The van der Waals surface area contributed by atoms with Gasteiger partial charge in [-0.25, -0.2) is 4.79 Å². The molecule has 2 fully saturated rings. The van der Waals surface area contributed by atoms with Crippen LogP contribution in [0.3, 0.4) is 0 Å². The molecule has 1 aromatic carbocycles. The SMILES string of the molecule is COC(=O)C1=C(C2CC2)NC(C2CC2)=C(C(C)=O)C1c1csc2ccccc12. The quantitative estimate of drug-likeness (QED) is 0.750. The highest BCUT2D eigenvalue weighted by Crippen LogP contribution is 2.51. The van der Waals surface area contributed by atoms with Crippen molar-refractivity contribution in [3.05, 3.63) is 57.7 Å². The van der Waals surface area contributed by atoms with E-state index in [4.69, 9.17) is 4.74 Å². The second-order valence-electron chi connectivity index (χ2n) is 8.00. The number of dihydropyridines is 1. The second kappa shape index (κ2) is 6.59. The van der Waals surface area contributed by atoms with Gasteiger partial charge >= 0.3 is 5.97 Å². The standard InChI is InChI=1S/C23H23NO3S/c1-12(25)18-19(16-11-28-17-6-4-3-5-15(16)17)20(23(26)27-2)22(14-9-10-14)24-21(18)13-7-8-13/h3-6,11,13-14,19,24H,7-10H2,1-2H3. The Bertz CT molecular complexity index is 1050. The minimum Gasteiger partial charge on any atom is -0.466 e. The number of methoxy groups -OCH3 is 1. The fourth-order valence-electron chi connectivity index (χ4n) is 4.39. The summed E-state index contributed by atoms with van der Waals surface area (Å²) in [7, 11) is 1.43. The van der Waals surface area contributed by atoms with Gasteiger partial charge in [-0.1, -0.05) is 18.2 Å². The van der Waals surface area contributed by atoms with Crippen LogP contribution in [-0.4, -0.2) is 18.9 Å². The maximum absolute atomic E-state index is 13.0. The normalized spacial score (nSPS) is 22.4. The Hall–Kier alpha value is -2.40. The van der Waals surface area contributed by atoms with Crippen molar-refractivity contribution in [3.63, 3.8) is 0 Å². The van der Waals surface area contributed by atoms with E-state index in [0.717, 1.165) is 53.6 Å². The van der Waals surface area contributed by atoms with Gasteiger partial charge in [0.05, 0.1) is 12.7 Å². The largest absolute Gasteiger partial charge is 0.466 e. The lowest BCUT2D eigenvalue weighted by Crippen LogP contribution is -2.34. The average molecular weight is 394 g/mol. The molecule has 2 aliphatic carbocycles. The molecule has 1 aromatic heterocycles. The van der Waals surface area contributed by atoms with Crippen LogP contribution in [0.25, 0.3) is 10.1 Å². The Morgan fingerprint density at radius 2 is 1.68 bits per heavy atom. The Morgan fingerprint density at radius 1 is 1.04 bits per heavy atom. The fraction of sp³-hybridized carbons (Fsp3) is 0.391. The average Bonchev–Trinajstić information content (AvgIpc) is 3.62. The van der Waals surface area contributed by atoms with Gasteiger partial charge in [0.2, 0.25) is 0 Å². The molecule has 2 saturated carbocycles. The van der Waals surface area contributed by atoms with Crippen molar-refractivity contribution >= 4 is 33.2 Å². The van der Waals surface area contributed by atoms with E-state index in [-0.39, 0.29) is 17.7 Å². The number of rotatable bonds is 5. The molecule has 0 radical (unpaired) electrons. The monoisotopic (exact) mass is 393 g/mol. The van der Waals surface area contributed by atoms with E-state index in [1.54, 1.807) is 18.3 Å². The number of esters is 1. The van der Waals surface area contributed by atoms with Crippen molar-refractivity contribution in [2.24, 2.45) is 11.8 Å². The Morgan fingerprint density at radius 3 is 2.29 bits per heavy atom. The molecule has 0 amide bonds. The van der Waals surface area contributed by atoms with Gasteiger partial charge in [-0.2, -0.15) is 0 Å². The molecule has 1 unspecified atom stereocenters. The van der Waals surface area contributed by atoms with Crippen molar-refractivity contribution < 1.29 is 14.3 Å². The zero-order valence-corrected chi connectivity index (χ0v) is 16.9. The van der Waals surface area contributed by atoms with E-state index in [1.165, 1.54) is 11.8 Å². The van der Waals surface area contributed by atoms with Crippen LogP contribution in [0.1, 0.15) is 44.1 Å². The Balaban J connectivity index is 1.78. The smallest absolute Gasteiger partial charge is 0.336 e. The van der Waals surface area contributed by atoms with Gasteiger partial charge in [0, 0.05) is 27.6 Å². The summed E-state index contributed by atoms with van der Waals surface area (Å²) in [6.45, 7) is 1.62. The molecule has 1 atom stereocenters. The van der Waals surface area contributed by atoms with E-state index < -0.39 is 0 Å². The van der Waals surface area contributed by atoms with Gasteiger partial charge < -0.3 is 10.1 Å². The summed E-state index contributed by atoms with van der Waals surface area (Å²) < 4.78 is 6.38. The van der Waals surface area contributed by atoms with Crippen LogP contribution >= 0.6 is 11.3 Å². The summed E-state index contributed by atoms with van der Waals surface area (Å²) in [5.74, 6) is 0.116. The number of thiophene rings is 1. The summed E-state index contributed by atoms with van der Waals surface area (Å²) in [5.41, 5.74) is 4.45. The summed E-state index contributed by atoms with van der Waals surface area (Å²) in [5, 5.41) is 6.78. The third-order valence-electron chi connectivity index (χ3n) is 6.00. The van der Waals surface area contributed by atoms with Crippen LogP contribution in [0.15, 0.2) is 52.2 Å². The molecule has 0 spiro atoms. The molecule has 2 heterocycles. The van der Waals surface area contributed by atoms with Gasteiger partial charge in [0.15, 0.2) is 5.78 Å². The van der Waals surface area contributed by atoms with E-state index in [2.05, 4.69) is 22.8 Å². The summed E-state index contributed by atoms with van der Waals surface area (Å²) >= 11 is 1.66. The number of fused-ring (bicyclic) bond motifs is 1. The van der Waals surface area contributed by atoms with Gasteiger partial charge in [0.25, 0.3) is 0 Å². The van der Waals surface area contributed by atoms with Crippen LogP contribution in [0, 0.1) is 11.8 Å². The molecule has 1 N–H and O–H groups in total. The number of hydrogen-bond donors (Lipinski definition) is 1. The topological polar surface area (TPSA) is 55.4 Å². The molecule has 5 rings (SSSR count). The first-order chi connectivity index (χ1) is 13.6. The van der Waals surface area contributed by atoms with Crippen LogP contribution in [-0.2, 0) is 14.3 Å². The molecule has 1 aliphatic heterocycles. The van der Waals surface area contributed by atoms with E-state index in [0.29, 0.717) is 17.4 Å². The number of ketones is 1. The third kappa shape index (κ3) is 2.80. The minimum absolute atomic E-state index is 0.0333. The van der Waals surface area contributed by atoms with Crippen LogP contribution in [0.4, 0.5) is 0 Å². The summed E-state index contributed by atoms with van der Waals surface area (Å²) in [4.78, 5) is 25.8. The fourth-order valence-corrected chi connectivity index (χ4v) is 5.37. The van der Waals surface area contributed by atoms with Gasteiger partial charge in [-0.05, 0) is 66.8 Å². The lowest BCUT2D eigenvalue weighted by Gasteiger charge is -2.32. The number of carbonyl (C=O) groups excluding carboxylic acids is 2. The number of nitrogens with one attached hydrogen (secondary N) is 1. The van der Waals surface area contributed by atoms with Gasteiger partial charge in [-0.3, -0.25) is 4.79 Å². The van der Waals surface area contributed by atoms with Crippen molar-refractivity contribution in [1.29, 1.82) is 0 Å². The van der Waals surface area contributed by atoms with Crippen LogP contribution in [0.5, 0.6) is 0 Å². The van der Waals surface area contributed by atoms with E-state index in [9.17, 15) is 9.59 Å². The van der Waals surface area contributed by atoms with Crippen molar-refractivity contribution in [2.75, 3.05) is 7.11 Å². The molecule has 4 nitrogen and oxygen atoms in total. The molecule has 28 heavy (non-hydrogen) atoms. The van der Waals surface area contributed by atoms with E-state index in [1.807, 2.05) is 12.1 Å². The Labute approximate surface area is 168 Å². The third-order valence-corrected chi connectivity index (χ3v) is 6.99. The van der Waals surface area contributed by atoms with Crippen molar-refractivity contribution in [2.45, 2.75) is 38.5 Å². The summed E-state index contributed by atoms with van der Waals surface area (Å²) in [6, 6.07) is 8.22. The second-order valence-corrected chi connectivity index (χ2v) is 8.91. The molecular weight excluding hydrogens is 370 g/mol. The molecule has 5 heteroatoms. The lowest BCUT2D eigenvalue weighted by atomic mass is 9.77. The Kier molecular flexibility index (Phi) is 4.16. The van der Waals surface area contributed by atoms with Gasteiger partial charge in [-0.15, -0.1) is 11.3 Å². The van der Waals surface area contributed by atoms with Crippen LogP contribution < -0.4 is 5.32 Å². The van der Waals surface area contributed by atoms with Crippen molar-refractivity contribution in [1.82, 2.24) is 5.32 Å². The first-order valence-electron chi connectivity index (χ1n) is 9.90. The minimum atomic E-state index is -0.353. The molecule has 3 aliphatic rings. The highest BCUT2D eigenvalue weighted by atomic mass is 32.1. The zero-order valence-electron chi connectivity index (χ0n) is 16.1. The maximum atomic E-state index is 13.0. The number of allylic oxidation sites excluding steroid dienone is 3. The lowest BCUT2D eigenvalue weighted by molar-refractivity contribution is -0.136. The first kappa shape index (κ1) is 17.7. The predicted octanol–water partition coefficient (Wildman–Crippen LogP) is 4.68. The molecule has 0 bridgehead atoms. The number of hydrogen-bond acceptors (Lipinski definition) is 5. The first-order valence-corrected chi connectivity index (χ1v) is 10.8. The van der Waals surface area contributed by atoms with Crippen molar-refractivity contribution in [3.8, 4) is 0 Å². The summed E-state index contributed by atoms with van der Waals surface area (Å²) in [6.07, 6.45) is 4.35. The van der Waals surface area contributed by atoms with Crippen LogP contribution in [0.2, 0.25) is 0 Å².